The van der Waals surface area contributed by atoms with Gasteiger partial charge in [0.25, 0.3) is 0 Å². The zero-order valence-electron chi connectivity index (χ0n) is 20.7. The summed E-state index contributed by atoms with van der Waals surface area (Å²) in [6.07, 6.45) is -6.09. The predicted molar refractivity (Wildman–Crippen MR) is 131 cm³/mol. The molecule has 1 aliphatic heterocycles. The van der Waals surface area contributed by atoms with Crippen LogP contribution in [-0.4, -0.2) is 38.1 Å². The molecule has 1 saturated heterocycles. The third kappa shape index (κ3) is 5.39. The molecule has 1 heterocycles. The van der Waals surface area contributed by atoms with Crippen molar-refractivity contribution in [1.82, 2.24) is 5.32 Å². The van der Waals surface area contributed by atoms with E-state index < -0.39 is 49.6 Å². The fourth-order valence-corrected chi connectivity index (χ4v) is 6.47. The smallest absolute Gasteiger partial charge is 0.417 e. The van der Waals surface area contributed by atoms with E-state index in [0.29, 0.717) is 18.5 Å². The largest absolute Gasteiger partial charge is 0.425 e. The highest BCUT2D eigenvalue weighted by atomic mass is 32.2. The summed E-state index contributed by atoms with van der Waals surface area (Å²) in [6.45, 7) is 5.75. The molecule has 1 N–H and O–H groups in total. The fraction of sp³-hybridized carbons (Fsp3) is 0.462. The number of carbonyl (C=O) groups excluding carboxylic acids is 1. The molecule has 1 amide bonds. The van der Waals surface area contributed by atoms with Gasteiger partial charge in [0.2, 0.25) is 0 Å². The van der Waals surface area contributed by atoms with Crippen molar-refractivity contribution in [2.45, 2.75) is 73.5 Å². The van der Waals surface area contributed by atoms with Gasteiger partial charge in [0.1, 0.15) is 5.54 Å². The minimum absolute atomic E-state index is 0.178. The molecule has 0 radical (unpaired) electrons. The number of amides is 1. The summed E-state index contributed by atoms with van der Waals surface area (Å²) in [7, 11) is -4.46. The number of hydrogen-bond donors (Lipinski definition) is 1. The highest BCUT2D eigenvalue weighted by molar-refractivity contribution is 7.92. The number of benzene rings is 2. The number of alkyl carbamates (subject to hydrolysis) is 1. The van der Waals surface area contributed by atoms with Crippen molar-refractivity contribution in [2.24, 2.45) is 0 Å². The van der Waals surface area contributed by atoms with Crippen molar-refractivity contribution in [3.05, 3.63) is 59.7 Å². The molecule has 0 spiro atoms. The number of para-hydroxylation sites is 1. The highest BCUT2D eigenvalue weighted by Gasteiger charge is 2.48. The van der Waals surface area contributed by atoms with Crippen molar-refractivity contribution in [2.75, 3.05) is 11.4 Å². The zero-order valence-corrected chi connectivity index (χ0v) is 21.5. The molecule has 4 rings (SSSR count). The maximum Gasteiger partial charge on any atom is 0.417 e. The first kappa shape index (κ1) is 26.8. The van der Waals surface area contributed by atoms with Gasteiger partial charge in [-0.2, -0.15) is 18.4 Å². The van der Waals surface area contributed by atoms with Crippen LogP contribution in [0.25, 0.3) is 0 Å². The lowest BCUT2D eigenvalue weighted by molar-refractivity contribution is -0.139. The van der Waals surface area contributed by atoms with Gasteiger partial charge in [-0.1, -0.05) is 51.1 Å². The molecular formula is C26H28F3N3O4S. The average Bonchev–Trinajstić information content (AvgIpc) is 3.46. The third-order valence-corrected chi connectivity index (χ3v) is 8.91. The standard InChI is InChI=1S/C26H28F3N3O4S/c1-24(2,3)18-8-4-6-10-20(18)32-15-17(14-22(32)36-23(33)31-25(16-30)12-13-25)37(34,35)21-11-7-5-9-19(21)26(27,28)29/h4-11,17,22H,12-15H2,1-3H3,(H,31,33). The van der Waals surface area contributed by atoms with Crippen LogP contribution in [0.15, 0.2) is 53.4 Å². The van der Waals surface area contributed by atoms with Crippen molar-refractivity contribution >= 4 is 21.6 Å². The van der Waals surface area contributed by atoms with Crippen LogP contribution in [0.3, 0.4) is 0 Å². The van der Waals surface area contributed by atoms with Gasteiger partial charge in [-0.05, 0) is 42.0 Å². The molecule has 0 aromatic heterocycles. The number of rotatable bonds is 5. The lowest BCUT2D eigenvalue weighted by Crippen LogP contribution is -2.42. The van der Waals surface area contributed by atoms with Gasteiger partial charge in [0.05, 0.1) is 21.8 Å². The van der Waals surface area contributed by atoms with Crippen LogP contribution >= 0.6 is 0 Å². The van der Waals surface area contributed by atoms with E-state index in [9.17, 15) is 31.6 Å². The second-order valence-corrected chi connectivity index (χ2v) is 12.7. The monoisotopic (exact) mass is 535 g/mol. The molecule has 2 aliphatic rings. The van der Waals surface area contributed by atoms with Gasteiger partial charge in [0.15, 0.2) is 16.1 Å². The lowest BCUT2D eigenvalue weighted by Gasteiger charge is -2.32. The second kappa shape index (κ2) is 9.24. The molecule has 2 unspecified atom stereocenters. The minimum atomic E-state index is -4.85. The number of hydrogen-bond acceptors (Lipinski definition) is 6. The summed E-state index contributed by atoms with van der Waals surface area (Å²) in [5.74, 6) is 0. The first-order valence-corrected chi connectivity index (χ1v) is 13.4. The number of sulfone groups is 1. The van der Waals surface area contributed by atoms with E-state index in [4.69, 9.17) is 4.74 Å². The van der Waals surface area contributed by atoms with E-state index in [1.165, 1.54) is 6.07 Å². The van der Waals surface area contributed by atoms with Gasteiger partial charge in [-0.3, -0.25) is 0 Å². The second-order valence-electron chi connectivity index (χ2n) is 10.5. The Morgan fingerprint density at radius 2 is 1.68 bits per heavy atom. The number of halogens is 3. The molecule has 198 valence electrons. The molecule has 2 aromatic rings. The highest BCUT2D eigenvalue weighted by Crippen LogP contribution is 2.41. The molecular weight excluding hydrogens is 507 g/mol. The topological polar surface area (TPSA) is 99.5 Å². The number of nitrogens with zero attached hydrogens (tertiary/aromatic N) is 2. The summed E-state index contributed by atoms with van der Waals surface area (Å²) in [6, 6.07) is 13.4. The average molecular weight is 536 g/mol. The number of alkyl halides is 3. The van der Waals surface area contributed by atoms with E-state index in [-0.39, 0.29) is 18.4 Å². The number of ether oxygens (including phenoxy) is 1. The number of nitrogens with one attached hydrogen (secondary N) is 1. The first-order valence-electron chi connectivity index (χ1n) is 11.8. The quantitative estimate of drug-likeness (QED) is 0.568. The Kier molecular flexibility index (Phi) is 6.69. The van der Waals surface area contributed by atoms with E-state index in [1.807, 2.05) is 39.0 Å². The van der Waals surface area contributed by atoms with E-state index in [2.05, 4.69) is 5.32 Å². The molecule has 2 atom stereocenters. The van der Waals surface area contributed by atoms with Crippen LogP contribution < -0.4 is 10.2 Å². The molecule has 7 nitrogen and oxygen atoms in total. The maximum absolute atomic E-state index is 13.7. The third-order valence-electron chi connectivity index (χ3n) is 6.72. The summed E-state index contributed by atoms with van der Waals surface area (Å²) < 4.78 is 73.7. The van der Waals surface area contributed by atoms with Crippen LogP contribution in [0, 0.1) is 11.3 Å². The van der Waals surface area contributed by atoms with Gasteiger partial charge in [-0.15, -0.1) is 0 Å². The van der Waals surface area contributed by atoms with Crippen molar-refractivity contribution in [3.8, 4) is 6.07 Å². The predicted octanol–water partition coefficient (Wildman–Crippen LogP) is 5.16. The van der Waals surface area contributed by atoms with E-state index >= 15 is 0 Å². The molecule has 37 heavy (non-hydrogen) atoms. The lowest BCUT2D eigenvalue weighted by atomic mass is 9.85. The van der Waals surface area contributed by atoms with E-state index in [0.717, 1.165) is 23.8 Å². The maximum atomic E-state index is 13.7. The summed E-state index contributed by atoms with van der Waals surface area (Å²) in [4.78, 5) is 13.5. The van der Waals surface area contributed by atoms with Crippen molar-refractivity contribution < 1.29 is 31.1 Å². The fourth-order valence-electron chi connectivity index (χ4n) is 4.58. The summed E-state index contributed by atoms with van der Waals surface area (Å²) >= 11 is 0. The minimum Gasteiger partial charge on any atom is -0.425 e. The Hall–Kier alpha value is -3.26. The zero-order chi connectivity index (χ0) is 27.2. The Morgan fingerprint density at radius 3 is 2.24 bits per heavy atom. The Bertz CT molecular complexity index is 1340. The molecule has 2 aromatic carbocycles. The molecule has 1 aliphatic carbocycles. The SMILES string of the molecule is CC(C)(C)c1ccccc1N1CC(S(=O)(=O)c2ccccc2C(F)(F)F)CC1OC(=O)NC1(C#N)CC1. The molecule has 11 heteroatoms. The first-order chi connectivity index (χ1) is 17.2. The van der Waals surface area contributed by atoms with Crippen LogP contribution in [0.5, 0.6) is 0 Å². The Balaban J connectivity index is 1.72. The molecule has 1 saturated carbocycles. The van der Waals surface area contributed by atoms with E-state index in [1.54, 1.807) is 17.0 Å². The summed E-state index contributed by atoms with van der Waals surface area (Å²) in [5, 5.41) is 10.5. The normalized spacial score (nSPS) is 21.3. The van der Waals surface area contributed by atoms with Crippen molar-refractivity contribution in [3.63, 3.8) is 0 Å². The molecule has 0 bridgehead atoms. The van der Waals surface area contributed by atoms with Crippen LogP contribution in [0.1, 0.15) is 51.2 Å². The van der Waals surface area contributed by atoms with Gasteiger partial charge < -0.3 is 15.0 Å². The van der Waals surface area contributed by atoms with Crippen LogP contribution in [0.2, 0.25) is 0 Å². The van der Waals surface area contributed by atoms with Crippen LogP contribution in [0.4, 0.5) is 23.7 Å². The summed E-state index contributed by atoms with van der Waals surface area (Å²) in [5.41, 5.74) is -1.11. The van der Waals surface area contributed by atoms with Gasteiger partial charge in [0, 0.05) is 18.7 Å². The van der Waals surface area contributed by atoms with Gasteiger partial charge in [-0.25, -0.2) is 13.2 Å². The van der Waals surface area contributed by atoms with Gasteiger partial charge >= 0.3 is 12.3 Å². The Labute approximate surface area is 214 Å². The number of carbonyl (C=O) groups is 1. The van der Waals surface area contributed by atoms with Crippen LogP contribution in [-0.2, 0) is 26.2 Å². The Morgan fingerprint density at radius 1 is 1.08 bits per heavy atom. The van der Waals surface area contributed by atoms with Crippen molar-refractivity contribution in [1.29, 1.82) is 5.26 Å². The number of anilines is 1. The molecule has 2 fully saturated rings. The number of nitriles is 1.